The number of amidine groups is 1. The monoisotopic (exact) mass is 346 g/mol. The van der Waals surface area contributed by atoms with Crippen LogP contribution in [0.15, 0.2) is 36.0 Å². The first-order chi connectivity index (χ1) is 12.1. The molecule has 0 amide bonds. The predicted octanol–water partition coefficient (Wildman–Crippen LogP) is 5.38. The van der Waals surface area contributed by atoms with Crippen molar-refractivity contribution in [3.05, 3.63) is 36.7 Å². The van der Waals surface area contributed by atoms with E-state index in [2.05, 4.69) is 41.2 Å². The summed E-state index contributed by atoms with van der Waals surface area (Å²) in [5, 5.41) is 3.76. The van der Waals surface area contributed by atoms with Gasteiger partial charge >= 0.3 is 0 Å². The SMILES string of the molecule is C=C(/C(N)=N\OC)c1nc2ccccc2n1C(C)CCC.CC.CC. The average molecular weight is 347 g/mol. The zero-order chi connectivity index (χ0) is 19.4. The Morgan fingerprint density at radius 3 is 2.44 bits per heavy atom. The lowest BCUT2D eigenvalue weighted by molar-refractivity contribution is 0.213. The van der Waals surface area contributed by atoms with Crippen LogP contribution >= 0.6 is 0 Å². The maximum Gasteiger partial charge on any atom is 0.173 e. The Hall–Kier alpha value is -2.30. The Bertz CT molecular complexity index is 673. The molecule has 0 aliphatic rings. The van der Waals surface area contributed by atoms with E-state index in [-0.39, 0.29) is 5.84 Å². The van der Waals surface area contributed by atoms with E-state index in [9.17, 15) is 0 Å². The highest BCUT2D eigenvalue weighted by atomic mass is 16.6. The largest absolute Gasteiger partial charge is 0.397 e. The molecule has 0 saturated carbocycles. The maximum atomic E-state index is 5.90. The van der Waals surface area contributed by atoms with Gasteiger partial charge < -0.3 is 15.1 Å². The molecule has 25 heavy (non-hydrogen) atoms. The van der Waals surface area contributed by atoms with Gasteiger partial charge in [-0.15, -0.1) is 0 Å². The fourth-order valence-electron chi connectivity index (χ4n) is 2.52. The summed E-state index contributed by atoms with van der Waals surface area (Å²) in [6, 6.07) is 8.35. The molecule has 140 valence electrons. The Morgan fingerprint density at radius 2 is 1.88 bits per heavy atom. The lowest BCUT2D eigenvalue weighted by Gasteiger charge is -2.17. The van der Waals surface area contributed by atoms with Gasteiger partial charge in [0.15, 0.2) is 5.84 Å². The lowest BCUT2D eigenvalue weighted by Crippen LogP contribution is -2.18. The average Bonchev–Trinajstić information content (AvgIpc) is 3.04. The summed E-state index contributed by atoms with van der Waals surface area (Å²) in [6.45, 7) is 16.4. The molecule has 0 radical (unpaired) electrons. The van der Waals surface area contributed by atoms with Gasteiger partial charge in [-0.25, -0.2) is 4.98 Å². The Kier molecular flexibility index (Phi) is 11.0. The van der Waals surface area contributed by atoms with Crippen molar-refractivity contribution < 1.29 is 4.84 Å². The van der Waals surface area contributed by atoms with Crippen LogP contribution in [-0.4, -0.2) is 22.5 Å². The summed E-state index contributed by atoms with van der Waals surface area (Å²) in [6.07, 6.45) is 2.16. The molecule has 0 saturated heterocycles. The molecule has 0 bridgehead atoms. The van der Waals surface area contributed by atoms with Crippen molar-refractivity contribution in [3.63, 3.8) is 0 Å². The number of hydrogen-bond acceptors (Lipinski definition) is 3. The minimum absolute atomic E-state index is 0.248. The van der Waals surface area contributed by atoms with Gasteiger partial charge in [0.2, 0.25) is 0 Å². The van der Waals surface area contributed by atoms with Crippen LogP contribution in [0.3, 0.4) is 0 Å². The van der Waals surface area contributed by atoms with Crippen molar-refractivity contribution >= 4 is 22.4 Å². The number of aromatic nitrogens is 2. The quantitative estimate of drug-likeness (QED) is 0.434. The van der Waals surface area contributed by atoms with Crippen LogP contribution in [0.2, 0.25) is 0 Å². The number of imidazole rings is 1. The summed E-state index contributed by atoms with van der Waals surface area (Å²) >= 11 is 0. The van der Waals surface area contributed by atoms with E-state index in [0.717, 1.165) is 29.7 Å². The number of benzene rings is 1. The Balaban J connectivity index is 0.00000134. The van der Waals surface area contributed by atoms with E-state index in [1.54, 1.807) is 0 Å². The number of hydrogen-bond donors (Lipinski definition) is 1. The minimum atomic E-state index is 0.248. The number of fused-ring (bicyclic) bond motifs is 1. The van der Waals surface area contributed by atoms with Crippen molar-refractivity contribution in [1.82, 2.24) is 9.55 Å². The second-order valence-electron chi connectivity index (χ2n) is 5.07. The molecule has 0 spiro atoms. The molecular weight excluding hydrogens is 312 g/mol. The van der Waals surface area contributed by atoms with Crippen molar-refractivity contribution in [2.75, 3.05) is 7.11 Å². The Labute approximate surface area is 152 Å². The van der Waals surface area contributed by atoms with Gasteiger partial charge in [-0.2, -0.15) is 0 Å². The smallest absolute Gasteiger partial charge is 0.173 e. The van der Waals surface area contributed by atoms with Crippen LogP contribution in [-0.2, 0) is 4.84 Å². The molecule has 1 aromatic heterocycles. The molecule has 1 atom stereocenters. The fourth-order valence-corrected chi connectivity index (χ4v) is 2.52. The van der Waals surface area contributed by atoms with Crippen LogP contribution < -0.4 is 5.73 Å². The maximum absolute atomic E-state index is 5.90. The Morgan fingerprint density at radius 1 is 1.28 bits per heavy atom. The van der Waals surface area contributed by atoms with Crippen LogP contribution in [0.5, 0.6) is 0 Å². The standard InChI is InChI=1S/C16H22N4O.2C2H6/c1-5-8-11(2)20-14-10-7-6-9-13(14)18-16(20)12(3)15(17)19-21-4;2*1-2/h6-7,9-11H,3,5,8H2,1-2,4H3,(H2,17,19);2*1-2H3. The van der Waals surface area contributed by atoms with Crippen molar-refractivity contribution in [1.29, 1.82) is 0 Å². The number of para-hydroxylation sites is 2. The number of nitrogens with zero attached hydrogens (tertiary/aromatic N) is 3. The zero-order valence-electron chi connectivity index (χ0n) is 16.8. The third-order valence-electron chi connectivity index (χ3n) is 3.51. The van der Waals surface area contributed by atoms with Crippen LogP contribution in [0.25, 0.3) is 16.6 Å². The molecule has 0 aliphatic carbocycles. The third kappa shape index (κ3) is 5.62. The van der Waals surface area contributed by atoms with E-state index in [1.807, 2.05) is 45.9 Å². The lowest BCUT2D eigenvalue weighted by atomic mass is 10.1. The van der Waals surface area contributed by atoms with Crippen LogP contribution in [0.1, 0.15) is 66.3 Å². The molecule has 1 unspecified atom stereocenters. The predicted molar refractivity (Wildman–Crippen MR) is 110 cm³/mol. The zero-order valence-corrected chi connectivity index (χ0v) is 16.8. The number of oxime groups is 1. The van der Waals surface area contributed by atoms with Gasteiger partial charge in [0.1, 0.15) is 12.9 Å². The normalized spacial score (nSPS) is 11.7. The summed E-state index contributed by atoms with van der Waals surface area (Å²) in [5.41, 5.74) is 8.49. The van der Waals surface area contributed by atoms with Gasteiger partial charge in [-0.3, -0.25) is 0 Å². The second-order valence-corrected chi connectivity index (χ2v) is 5.07. The van der Waals surface area contributed by atoms with Gasteiger partial charge in [0.25, 0.3) is 0 Å². The van der Waals surface area contributed by atoms with E-state index >= 15 is 0 Å². The molecule has 1 aromatic carbocycles. The molecule has 0 fully saturated rings. The summed E-state index contributed by atoms with van der Waals surface area (Å²) in [4.78, 5) is 9.40. The molecule has 5 nitrogen and oxygen atoms in total. The highest BCUT2D eigenvalue weighted by molar-refractivity contribution is 6.20. The molecule has 2 N–H and O–H groups in total. The van der Waals surface area contributed by atoms with Gasteiger partial charge in [0.05, 0.1) is 16.6 Å². The third-order valence-corrected chi connectivity index (χ3v) is 3.51. The molecule has 2 rings (SSSR count). The summed E-state index contributed by atoms with van der Waals surface area (Å²) in [5.74, 6) is 0.994. The molecular formula is C20H34N4O. The number of rotatable bonds is 6. The summed E-state index contributed by atoms with van der Waals surface area (Å²) < 4.78 is 2.18. The highest BCUT2D eigenvalue weighted by Gasteiger charge is 2.19. The van der Waals surface area contributed by atoms with Crippen LogP contribution in [0, 0.1) is 0 Å². The molecule has 5 heteroatoms. The minimum Gasteiger partial charge on any atom is -0.397 e. The fraction of sp³-hybridized carbons (Fsp3) is 0.500. The van der Waals surface area contributed by atoms with Crippen molar-refractivity contribution in [2.45, 2.75) is 60.4 Å². The first-order valence-electron chi connectivity index (χ1n) is 9.13. The molecule has 2 aromatic rings. The first-order valence-corrected chi connectivity index (χ1v) is 9.13. The van der Waals surface area contributed by atoms with E-state index in [0.29, 0.717) is 11.6 Å². The van der Waals surface area contributed by atoms with Crippen molar-refractivity contribution in [2.24, 2.45) is 10.9 Å². The summed E-state index contributed by atoms with van der Waals surface area (Å²) in [7, 11) is 1.46. The highest BCUT2D eigenvalue weighted by Crippen LogP contribution is 2.27. The van der Waals surface area contributed by atoms with Gasteiger partial charge in [0, 0.05) is 6.04 Å². The van der Waals surface area contributed by atoms with Gasteiger partial charge in [-0.1, -0.05) is 64.9 Å². The van der Waals surface area contributed by atoms with E-state index < -0.39 is 0 Å². The van der Waals surface area contributed by atoms with E-state index in [1.165, 1.54) is 7.11 Å². The molecule has 1 heterocycles. The second kappa shape index (κ2) is 12.1. The van der Waals surface area contributed by atoms with Crippen LogP contribution in [0.4, 0.5) is 0 Å². The molecule has 0 aliphatic heterocycles. The number of nitrogens with two attached hydrogens (primary N) is 1. The topological polar surface area (TPSA) is 65.4 Å². The van der Waals surface area contributed by atoms with Gasteiger partial charge in [-0.05, 0) is 25.5 Å². The first kappa shape index (κ1) is 22.7. The van der Waals surface area contributed by atoms with Crippen molar-refractivity contribution in [3.8, 4) is 0 Å². The van der Waals surface area contributed by atoms with E-state index in [4.69, 9.17) is 10.6 Å².